The van der Waals surface area contributed by atoms with E-state index < -0.39 is 4.92 Å². The van der Waals surface area contributed by atoms with Crippen molar-refractivity contribution >= 4 is 11.4 Å². The Morgan fingerprint density at radius 3 is 2.70 bits per heavy atom. The molecule has 1 rings (SSSR count). The van der Waals surface area contributed by atoms with Gasteiger partial charge in [0.05, 0.1) is 11.5 Å². The molecule has 0 aromatic heterocycles. The largest absolute Gasteiger partial charge is 0.393 e. The first kappa shape index (κ1) is 16.4. The minimum Gasteiger partial charge on any atom is -0.393 e. The molecule has 20 heavy (non-hydrogen) atoms. The molecule has 0 aliphatic heterocycles. The molecule has 1 aromatic rings. The van der Waals surface area contributed by atoms with Crippen molar-refractivity contribution in [2.75, 3.05) is 12.3 Å². The molecule has 2 N–H and O–H groups in total. The fourth-order valence-electron chi connectivity index (χ4n) is 2.10. The van der Waals surface area contributed by atoms with Crippen LogP contribution >= 0.6 is 0 Å². The molecule has 0 amide bonds. The summed E-state index contributed by atoms with van der Waals surface area (Å²) in [4.78, 5) is 10.2. The van der Waals surface area contributed by atoms with Crippen LogP contribution in [0.5, 0.6) is 0 Å². The second kappa shape index (κ2) is 8.53. The van der Waals surface area contributed by atoms with Crippen molar-refractivity contribution < 1.29 is 9.66 Å². The summed E-state index contributed by atoms with van der Waals surface area (Å²) >= 11 is 0. The van der Waals surface area contributed by atoms with E-state index in [1.165, 1.54) is 25.3 Å². The predicted molar refractivity (Wildman–Crippen MR) is 80.5 cm³/mol. The Balaban J connectivity index is 2.45. The highest BCUT2D eigenvalue weighted by molar-refractivity contribution is 5.59. The lowest BCUT2D eigenvalue weighted by Crippen LogP contribution is -2.09. The maximum absolute atomic E-state index is 10.7. The van der Waals surface area contributed by atoms with Gasteiger partial charge in [0.15, 0.2) is 0 Å². The zero-order valence-electron chi connectivity index (χ0n) is 12.3. The first-order valence-corrected chi connectivity index (χ1v) is 7.19. The lowest BCUT2D eigenvalue weighted by molar-refractivity contribution is -0.383. The van der Waals surface area contributed by atoms with Gasteiger partial charge in [0.2, 0.25) is 0 Å². The van der Waals surface area contributed by atoms with Gasteiger partial charge in [0, 0.05) is 12.7 Å². The summed E-state index contributed by atoms with van der Waals surface area (Å²) in [6.07, 6.45) is 4.74. The Hall–Kier alpha value is -1.62. The summed E-state index contributed by atoms with van der Waals surface area (Å²) < 4.78 is 5.70. The highest BCUT2D eigenvalue weighted by Gasteiger charge is 2.11. The van der Waals surface area contributed by atoms with Gasteiger partial charge in [-0.25, -0.2) is 0 Å². The van der Waals surface area contributed by atoms with Crippen molar-refractivity contribution in [3.05, 3.63) is 33.9 Å². The second-order valence-electron chi connectivity index (χ2n) is 5.08. The molecule has 0 aliphatic carbocycles. The van der Waals surface area contributed by atoms with Crippen molar-refractivity contribution in [3.8, 4) is 0 Å². The van der Waals surface area contributed by atoms with Crippen LogP contribution in [0.4, 0.5) is 11.4 Å². The maximum atomic E-state index is 10.7. The topological polar surface area (TPSA) is 78.4 Å². The summed E-state index contributed by atoms with van der Waals surface area (Å²) in [6.45, 7) is 5.54. The Morgan fingerprint density at radius 2 is 2.15 bits per heavy atom. The fourth-order valence-corrected chi connectivity index (χ4v) is 2.10. The number of hydrogen-bond donors (Lipinski definition) is 1. The monoisotopic (exact) mass is 280 g/mol. The Morgan fingerprint density at radius 1 is 1.40 bits per heavy atom. The number of nitro benzene ring substituents is 1. The van der Waals surface area contributed by atoms with Crippen molar-refractivity contribution in [3.63, 3.8) is 0 Å². The summed E-state index contributed by atoms with van der Waals surface area (Å²) in [6, 6.07) is 4.75. The van der Waals surface area contributed by atoms with Gasteiger partial charge in [-0.1, -0.05) is 33.1 Å². The van der Waals surface area contributed by atoms with Gasteiger partial charge in [-0.05, 0) is 30.0 Å². The summed E-state index contributed by atoms with van der Waals surface area (Å²) in [5.74, 6) is 0.588. The van der Waals surface area contributed by atoms with E-state index in [1.807, 2.05) is 0 Å². The zero-order valence-corrected chi connectivity index (χ0v) is 12.3. The molecular weight excluding hydrogens is 256 g/mol. The molecule has 5 nitrogen and oxygen atoms in total. The van der Waals surface area contributed by atoms with Crippen LogP contribution in [0.15, 0.2) is 18.2 Å². The molecule has 0 aliphatic rings. The van der Waals surface area contributed by atoms with Crippen LogP contribution in [0.3, 0.4) is 0 Å². The first-order chi connectivity index (χ1) is 9.58. The molecule has 1 aromatic carbocycles. The third kappa shape index (κ3) is 5.17. The molecule has 0 saturated carbocycles. The predicted octanol–water partition coefficient (Wildman–Crippen LogP) is 3.91. The normalized spacial score (nSPS) is 12.3. The van der Waals surface area contributed by atoms with Crippen LogP contribution in [-0.4, -0.2) is 11.5 Å². The number of benzene rings is 1. The van der Waals surface area contributed by atoms with Gasteiger partial charge in [0.1, 0.15) is 5.69 Å². The number of nitrogens with two attached hydrogens (primary N) is 1. The quantitative estimate of drug-likeness (QED) is 0.422. The molecule has 0 fully saturated rings. The molecule has 112 valence electrons. The van der Waals surface area contributed by atoms with Crippen LogP contribution in [-0.2, 0) is 11.3 Å². The molecule has 1 atom stereocenters. The van der Waals surface area contributed by atoms with Crippen LogP contribution < -0.4 is 5.73 Å². The van der Waals surface area contributed by atoms with E-state index in [-0.39, 0.29) is 11.4 Å². The smallest absolute Gasteiger partial charge is 0.292 e. The number of anilines is 1. The summed E-state index contributed by atoms with van der Waals surface area (Å²) in [5.41, 5.74) is 6.66. The van der Waals surface area contributed by atoms with Crippen molar-refractivity contribution in [1.82, 2.24) is 0 Å². The standard InChI is InChI=1S/C15H24N2O3/c1-3-5-6-12(4-2)10-20-11-13-7-8-15(17(18)19)14(16)9-13/h7-9,12H,3-6,10-11,16H2,1-2H3. The van der Waals surface area contributed by atoms with E-state index in [4.69, 9.17) is 10.5 Å². The van der Waals surface area contributed by atoms with Crippen molar-refractivity contribution in [2.24, 2.45) is 5.92 Å². The fraction of sp³-hybridized carbons (Fsp3) is 0.600. The SMILES string of the molecule is CCCCC(CC)COCc1ccc([N+](=O)[O-])c(N)c1. The molecule has 0 saturated heterocycles. The van der Waals surface area contributed by atoms with E-state index in [0.717, 1.165) is 18.6 Å². The van der Waals surface area contributed by atoms with Crippen LogP contribution in [0.2, 0.25) is 0 Å². The van der Waals surface area contributed by atoms with Gasteiger partial charge in [-0.2, -0.15) is 0 Å². The van der Waals surface area contributed by atoms with Gasteiger partial charge in [-0.15, -0.1) is 0 Å². The number of nitro groups is 1. The van der Waals surface area contributed by atoms with Gasteiger partial charge >= 0.3 is 0 Å². The molecule has 0 radical (unpaired) electrons. The average molecular weight is 280 g/mol. The zero-order chi connectivity index (χ0) is 15.0. The third-order valence-corrected chi connectivity index (χ3v) is 3.45. The number of hydrogen-bond acceptors (Lipinski definition) is 4. The Labute approximate surface area is 120 Å². The van der Waals surface area contributed by atoms with Gasteiger partial charge < -0.3 is 10.5 Å². The van der Waals surface area contributed by atoms with E-state index >= 15 is 0 Å². The van der Waals surface area contributed by atoms with Crippen molar-refractivity contribution in [2.45, 2.75) is 46.1 Å². The molecule has 0 spiro atoms. The molecular formula is C15H24N2O3. The van der Waals surface area contributed by atoms with Crippen LogP contribution in [0.25, 0.3) is 0 Å². The number of unbranched alkanes of at least 4 members (excludes halogenated alkanes) is 1. The molecule has 1 unspecified atom stereocenters. The lowest BCUT2D eigenvalue weighted by Gasteiger charge is -2.14. The Bertz CT molecular complexity index is 435. The minimum atomic E-state index is -0.474. The minimum absolute atomic E-state index is 0.0527. The van der Waals surface area contributed by atoms with Gasteiger partial charge in [-0.3, -0.25) is 10.1 Å². The Kier molecular flexibility index (Phi) is 7.01. The van der Waals surface area contributed by atoms with Gasteiger partial charge in [0.25, 0.3) is 5.69 Å². The number of ether oxygens (including phenoxy) is 1. The first-order valence-electron chi connectivity index (χ1n) is 7.19. The lowest BCUT2D eigenvalue weighted by atomic mass is 10.0. The van der Waals surface area contributed by atoms with Crippen LogP contribution in [0.1, 0.15) is 45.1 Å². The second-order valence-corrected chi connectivity index (χ2v) is 5.08. The average Bonchev–Trinajstić information content (AvgIpc) is 2.42. The summed E-state index contributed by atoms with van der Waals surface area (Å²) in [7, 11) is 0. The van der Waals surface area contributed by atoms with E-state index in [9.17, 15) is 10.1 Å². The summed E-state index contributed by atoms with van der Waals surface area (Å²) in [5, 5.41) is 10.7. The molecule has 0 bridgehead atoms. The number of nitrogen functional groups attached to an aromatic ring is 1. The van der Waals surface area contributed by atoms with Crippen LogP contribution in [0, 0.1) is 16.0 Å². The van der Waals surface area contributed by atoms with E-state index in [1.54, 1.807) is 12.1 Å². The van der Waals surface area contributed by atoms with E-state index in [2.05, 4.69) is 13.8 Å². The maximum Gasteiger partial charge on any atom is 0.292 e. The highest BCUT2D eigenvalue weighted by Crippen LogP contribution is 2.22. The third-order valence-electron chi connectivity index (χ3n) is 3.45. The van der Waals surface area contributed by atoms with Crippen molar-refractivity contribution in [1.29, 1.82) is 0 Å². The molecule has 0 heterocycles. The number of rotatable bonds is 9. The molecule has 5 heteroatoms. The number of nitrogens with zero attached hydrogens (tertiary/aromatic N) is 1. The van der Waals surface area contributed by atoms with E-state index in [0.29, 0.717) is 12.5 Å². The highest BCUT2D eigenvalue weighted by atomic mass is 16.6.